The summed E-state index contributed by atoms with van der Waals surface area (Å²) in [7, 11) is 1.68. The van der Waals surface area contributed by atoms with Crippen LogP contribution in [-0.2, 0) is 11.3 Å². The lowest BCUT2D eigenvalue weighted by Crippen LogP contribution is -2.45. The fraction of sp³-hybridized carbons (Fsp3) is 0.458. The van der Waals surface area contributed by atoms with E-state index in [0.717, 1.165) is 55.9 Å². The molecule has 0 saturated carbocycles. The van der Waals surface area contributed by atoms with E-state index >= 15 is 0 Å². The third-order valence-corrected chi connectivity index (χ3v) is 5.79. The van der Waals surface area contributed by atoms with Crippen LogP contribution in [0.15, 0.2) is 48.5 Å². The van der Waals surface area contributed by atoms with Crippen LogP contribution in [-0.4, -0.2) is 56.5 Å². The van der Waals surface area contributed by atoms with Crippen LogP contribution >= 0.6 is 12.2 Å². The SMILES string of the molecule is COc1ccc(N(Cc2ccc(C(C)C)cc2)C(=S)NCCN2CCOCC2)cc1. The molecule has 30 heavy (non-hydrogen) atoms. The second-order valence-electron chi connectivity index (χ2n) is 7.87. The third-order valence-electron chi connectivity index (χ3n) is 5.42. The first-order valence-corrected chi connectivity index (χ1v) is 11.1. The van der Waals surface area contributed by atoms with Crippen LogP contribution in [0.5, 0.6) is 5.75 Å². The van der Waals surface area contributed by atoms with Gasteiger partial charge in [0.05, 0.1) is 26.9 Å². The van der Waals surface area contributed by atoms with Crippen molar-refractivity contribution in [1.29, 1.82) is 0 Å². The summed E-state index contributed by atoms with van der Waals surface area (Å²) in [5, 5.41) is 4.19. The van der Waals surface area contributed by atoms with E-state index in [9.17, 15) is 0 Å². The molecule has 1 N–H and O–H groups in total. The highest BCUT2D eigenvalue weighted by Gasteiger charge is 2.15. The molecule has 0 spiro atoms. The van der Waals surface area contributed by atoms with Gasteiger partial charge in [0.2, 0.25) is 0 Å². The molecule has 5 nitrogen and oxygen atoms in total. The molecule has 6 heteroatoms. The molecule has 0 radical (unpaired) electrons. The molecule has 0 unspecified atom stereocenters. The van der Waals surface area contributed by atoms with Gasteiger partial charge in [0.15, 0.2) is 5.11 Å². The second kappa shape index (κ2) is 11.3. The van der Waals surface area contributed by atoms with Gasteiger partial charge in [-0.25, -0.2) is 0 Å². The number of ether oxygens (including phenoxy) is 2. The minimum absolute atomic E-state index is 0.527. The summed E-state index contributed by atoms with van der Waals surface area (Å²) in [6.07, 6.45) is 0. The van der Waals surface area contributed by atoms with Gasteiger partial charge >= 0.3 is 0 Å². The molecule has 3 rings (SSSR count). The summed E-state index contributed by atoms with van der Waals surface area (Å²) in [4.78, 5) is 4.56. The zero-order chi connectivity index (χ0) is 21.3. The zero-order valence-electron chi connectivity index (χ0n) is 18.3. The smallest absolute Gasteiger partial charge is 0.173 e. The molecule has 1 aliphatic rings. The number of benzene rings is 2. The number of anilines is 1. The summed E-state index contributed by atoms with van der Waals surface area (Å²) >= 11 is 5.79. The number of hydrogen-bond acceptors (Lipinski definition) is 4. The van der Waals surface area contributed by atoms with Gasteiger partial charge in [-0.3, -0.25) is 4.90 Å². The molecular weight excluding hydrogens is 394 g/mol. The van der Waals surface area contributed by atoms with Crippen LogP contribution in [0, 0.1) is 0 Å². The molecular formula is C24H33N3O2S. The Morgan fingerprint density at radius 1 is 1.10 bits per heavy atom. The third kappa shape index (κ3) is 6.42. The van der Waals surface area contributed by atoms with Crippen LogP contribution in [0.2, 0.25) is 0 Å². The highest BCUT2D eigenvalue weighted by Crippen LogP contribution is 2.22. The number of nitrogens with zero attached hydrogens (tertiary/aromatic N) is 2. The molecule has 0 amide bonds. The Labute approximate surface area is 186 Å². The first kappa shape index (κ1) is 22.5. The predicted octanol–water partition coefficient (Wildman–Crippen LogP) is 4.03. The maximum Gasteiger partial charge on any atom is 0.173 e. The van der Waals surface area contributed by atoms with Crippen molar-refractivity contribution in [2.75, 3.05) is 51.4 Å². The van der Waals surface area contributed by atoms with Crippen LogP contribution in [0.3, 0.4) is 0 Å². The Kier molecular flexibility index (Phi) is 8.49. The first-order valence-electron chi connectivity index (χ1n) is 10.6. The molecule has 1 fully saturated rings. The molecule has 1 saturated heterocycles. The number of morpholine rings is 1. The van der Waals surface area contributed by atoms with Crippen molar-refractivity contribution >= 4 is 23.0 Å². The van der Waals surface area contributed by atoms with Gasteiger partial charge in [0, 0.05) is 31.9 Å². The lowest BCUT2D eigenvalue weighted by atomic mass is 10.0. The van der Waals surface area contributed by atoms with Gasteiger partial charge in [-0.15, -0.1) is 0 Å². The molecule has 0 aliphatic carbocycles. The summed E-state index contributed by atoms with van der Waals surface area (Å²) in [6, 6.07) is 16.9. The van der Waals surface area contributed by atoms with Crippen molar-refractivity contribution in [2.45, 2.75) is 26.3 Å². The lowest BCUT2D eigenvalue weighted by Gasteiger charge is -2.29. The minimum atomic E-state index is 0.527. The van der Waals surface area contributed by atoms with E-state index in [0.29, 0.717) is 12.5 Å². The number of thiocarbonyl (C=S) groups is 1. The Morgan fingerprint density at radius 2 is 1.77 bits per heavy atom. The predicted molar refractivity (Wildman–Crippen MR) is 128 cm³/mol. The Morgan fingerprint density at radius 3 is 2.37 bits per heavy atom. The zero-order valence-corrected chi connectivity index (χ0v) is 19.1. The van der Waals surface area contributed by atoms with Crippen LogP contribution in [0.25, 0.3) is 0 Å². The molecule has 0 aromatic heterocycles. The molecule has 2 aromatic carbocycles. The van der Waals surface area contributed by atoms with Gasteiger partial charge in [0.1, 0.15) is 5.75 Å². The van der Waals surface area contributed by atoms with E-state index in [2.05, 4.69) is 65.4 Å². The average molecular weight is 428 g/mol. The highest BCUT2D eigenvalue weighted by atomic mass is 32.1. The monoisotopic (exact) mass is 427 g/mol. The summed E-state index contributed by atoms with van der Waals surface area (Å²) in [5.74, 6) is 1.37. The highest BCUT2D eigenvalue weighted by molar-refractivity contribution is 7.80. The van der Waals surface area contributed by atoms with Crippen molar-refractivity contribution in [3.8, 4) is 5.75 Å². The van der Waals surface area contributed by atoms with E-state index in [4.69, 9.17) is 21.7 Å². The molecule has 0 bridgehead atoms. The number of methoxy groups -OCH3 is 1. The van der Waals surface area contributed by atoms with Gasteiger partial charge < -0.3 is 19.7 Å². The van der Waals surface area contributed by atoms with Crippen LogP contribution in [0.4, 0.5) is 5.69 Å². The van der Waals surface area contributed by atoms with Gasteiger partial charge in [-0.1, -0.05) is 38.1 Å². The fourth-order valence-corrected chi connectivity index (χ4v) is 3.75. The molecule has 2 aromatic rings. The Balaban J connectivity index is 1.68. The van der Waals surface area contributed by atoms with Crippen LogP contribution in [0.1, 0.15) is 30.9 Å². The number of hydrogen-bond donors (Lipinski definition) is 1. The summed E-state index contributed by atoms with van der Waals surface area (Å²) < 4.78 is 10.7. The minimum Gasteiger partial charge on any atom is -0.497 e. The normalized spacial score (nSPS) is 14.5. The van der Waals surface area contributed by atoms with Crippen molar-refractivity contribution < 1.29 is 9.47 Å². The Hall–Kier alpha value is -2.15. The lowest BCUT2D eigenvalue weighted by molar-refractivity contribution is 0.0389. The molecule has 1 heterocycles. The van der Waals surface area contributed by atoms with Crippen molar-refractivity contribution in [2.24, 2.45) is 0 Å². The maximum atomic E-state index is 5.79. The second-order valence-corrected chi connectivity index (χ2v) is 8.25. The molecule has 0 atom stereocenters. The van der Waals surface area contributed by atoms with Gasteiger partial charge in [-0.05, 0) is 53.5 Å². The maximum absolute atomic E-state index is 5.79. The first-order chi connectivity index (χ1) is 14.6. The fourth-order valence-electron chi connectivity index (χ4n) is 3.47. The quantitative estimate of drug-likeness (QED) is 0.641. The van der Waals surface area contributed by atoms with Crippen molar-refractivity contribution in [3.63, 3.8) is 0 Å². The average Bonchev–Trinajstić information content (AvgIpc) is 2.78. The van der Waals surface area contributed by atoms with E-state index < -0.39 is 0 Å². The van der Waals surface area contributed by atoms with E-state index in [1.807, 2.05) is 12.1 Å². The number of rotatable bonds is 8. The van der Waals surface area contributed by atoms with E-state index in [1.54, 1.807) is 7.11 Å². The summed E-state index contributed by atoms with van der Waals surface area (Å²) in [5.41, 5.74) is 3.63. The number of nitrogens with one attached hydrogen (secondary N) is 1. The largest absolute Gasteiger partial charge is 0.497 e. The topological polar surface area (TPSA) is 37.0 Å². The molecule has 1 aliphatic heterocycles. The van der Waals surface area contributed by atoms with Gasteiger partial charge in [0.25, 0.3) is 0 Å². The summed E-state index contributed by atoms with van der Waals surface area (Å²) in [6.45, 7) is 10.5. The Bertz CT molecular complexity index is 787. The van der Waals surface area contributed by atoms with Gasteiger partial charge in [-0.2, -0.15) is 0 Å². The van der Waals surface area contributed by atoms with Crippen molar-refractivity contribution in [3.05, 3.63) is 59.7 Å². The van der Waals surface area contributed by atoms with Crippen LogP contribution < -0.4 is 15.0 Å². The van der Waals surface area contributed by atoms with E-state index in [1.165, 1.54) is 11.1 Å². The standard InChI is InChI=1S/C24H33N3O2S/c1-19(2)21-6-4-20(5-7-21)18-27(22-8-10-23(28-3)11-9-22)24(30)25-12-13-26-14-16-29-17-15-26/h4-11,19H,12-18H2,1-3H3,(H,25,30). The van der Waals surface area contributed by atoms with Crippen molar-refractivity contribution in [1.82, 2.24) is 10.2 Å². The van der Waals surface area contributed by atoms with E-state index in [-0.39, 0.29) is 0 Å². The molecule has 162 valence electrons.